The van der Waals surface area contributed by atoms with Gasteiger partial charge in [0.2, 0.25) is 11.8 Å². The zero-order chi connectivity index (χ0) is 20.3. The van der Waals surface area contributed by atoms with Gasteiger partial charge in [-0.1, -0.05) is 32.0 Å². The SMILES string of the molecule is CC[C@@H](C)c1ccccc1N1C[C@H](C(=O)OCC(=O)N2CCCC2=O)CC1=O. The van der Waals surface area contributed by atoms with Crippen LogP contribution in [0, 0.1) is 5.92 Å². The molecule has 1 aromatic rings. The van der Waals surface area contributed by atoms with Gasteiger partial charge in [0, 0.05) is 31.6 Å². The van der Waals surface area contributed by atoms with Crippen LogP contribution in [0.5, 0.6) is 0 Å². The number of carbonyl (C=O) groups excluding carboxylic acids is 4. The molecule has 0 saturated carbocycles. The van der Waals surface area contributed by atoms with Crippen LogP contribution >= 0.6 is 0 Å². The smallest absolute Gasteiger partial charge is 0.311 e. The predicted octanol–water partition coefficient (Wildman–Crippen LogP) is 2.25. The van der Waals surface area contributed by atoms with Crippen molar-refractivity contribution in [1.29, 1.82) is 0 Å². The van der Waals surface area contributed by atoms with E-state index >= 15 is 0 Å². The molecule has 2 fully saturated rings. The third-order valence-electron chi connectivity index (χ3n) is 5.54. The van der Waals surface area contributed by atoms with E-state index in [0.29, 0.717) is 25.3 Å². The van der Waals surface area contributed by atoms with Crippen molar-refractivity contribution in [2.24, 2.45) is 5.92 Å². The van der Waals surface area contributed by atoms with E-state index < -0.39 is 24.4 Å². The Bertz CT molecular complexity index is 791. The Hall–Kier alpha value is -2.70. The Morgan fingerprint density at radius 2 is 1.96 bits per heavy atom. The molecule has 150 valence electrons. The Morgan fingerprint density at radius 3 is 2.64 bits per heavy atom. The van der Waals surface area contributed by atoms with E-state index in [9.17, 15) is 19.2 Å². The molecule has 2 saturated heterocycles. The fourth-order valence-electron chi connectivity index (χ4n) is 3.71. The number of amides is 3. The van der Waals surface area contributed by atoms with Gasteiger partial charge in [0.05, 0.1) is 5.92 Å². The first-order valence-electron chi connectivity index (χ1n) is 9.81. The molecule has 2 aliphatic heterocycles. The predicted molar refractivity (Wildman–Crippen MR) is 103 cm³/mol. The van der Waals surface area contributed by atoms with Gasteiger partial charge in [0.1, 0.15) is 0 Å². The molecule has 3 amide bonds. The summed E-state index contributed by atoms with van der Waals surface area (Å²) in [5.41, 5.74) is 1.91. The van der Waals surface area contributed by atoms with Crippen molar-refractivity contribution in [3.63, 3.8) is 0 Å². The lowest BCUT2D eigenvalue weighted by Crippen LogP contribution is -2.36. The lowest BCUT2D eigenvalue weighted by atomic mass is 9.96. The van der Waals surface area contributed by atoms with Gasteiger partial charge in [-0.15, -0.1) is 0 Å². The molecule has 0 N–H and O–H groups in total. The van der Waals surface area contributed by atoms with E-state index in [4.69, 9.17) is 4.74 Å². The first kappa shape index (κ1) is 20.0. The van der Waals surface area contributed by atoms with Crippen molar-refractivity contribution in [3.05, 3.63) is 29.8 Å². The number of carbonyl (C=O) groups is 4. The summed E-state index contributed by atoms with van der Waals surface area (Å²) in [6.45, 7) is 4.35. The van der Waals surface area contributed by atoms with Gasteiger partial charge in [0.25, 0.3) is 5.91 Å². The second-order valence-electron chi connectivity index (χ2n) is 7.42. The monoisotopic (exact) mass is 386 g/mol. The molecule has 0 spiro atoms. The van der Waals surface area contributed by atoms with E-state index in [1.54, 1.807) is 4.90 Å². The topological polar surface area (TPSA) is 84.0 Å². The molecule has 0 unspecified atom stereocenters. The summed E-state index contributed by atoms with van der Waals surface area (Å²) >= 11 is 0. The molecule has 0 bridgehead atoms. The van der Waals surface area contributed by atoms with E-state index in [0.717, 1.165) is 22.6 Å². The summed E-state index contributed by atoms with van der Waals surface area (Å²) in [6.07, 6.45) is 1.99. The van der Waals surface area contributed by atoms with Gasteiger partial charge in [0.15, 0.2) is 6.61 Å². The number of likely N-dealkylation sites (tertiary alicyclic amines) is 1. The number of nitrogens with zero attached hydrogens (tertiary/aromatic N) is 2. The minimum absolute atomic E-state index is 0.0600. The molecule has 2 aliphatic rings. The Morgan fingerprint density at radius 1 is 1.21 bits per heavy atom. The van der Waals surface area contributed by atoms with Crippen LogP contribution in [0.4, 0.5) is 5.69 Å². The number of imide groups is 1. The number of rotatable bonds is 6. The van der Waals surface area contributed by atoms with Crippen molar-refractivity contribution >= 4 is 29.4 Å². The minimum atomic E-state index is -0.612. The molecule has 28 heavy (non-hydrogen) atoms. The number of para-hydroxylation sites is 1. The second kappa shape index (κ2) is 8.54. The first-order chi connectivity index (χ1) is 13.4. The van der Waals surface area contributed by atoms with E-state index in [-0.39, 0.29) is 24.8 Å². The molecule has 0 aromatic heterocycles. The van der Waals surface area contributed by atoms with Crippen LogP contribution in [0.3, 0.4) is 0 Å². The van der Waals surface area contributed by atoms with Crippen molar-refractivity contribution < 1.29 is 23.9 Å². The summed E-state index contributed by atoms with van der Waals surface area (Å²) in [7, 11) is 0. The van der Waals surface area contributed by atoms with Gasteiger partial charge in [-0.2, -0.15) is 0 Å². The van der Waals surface area contributed by atoms with Gasteiger partial charge in [-0.25, -0.2) is 0 Å². The molecule has 0 aliphatic carbocycles. The normalized spacial score (nSPS) is 20.6. The molecule has 7 heteroatoms. The maximum atomic E-state index is 12.5. The molecule has 2 atom stereocenters. The zero-order valence-electron chi connectivity index (χ0n) is 16.3. The maximum absolute atomic E-state index is 12.5. The number of anilines is 1. The summed E-state index contributed by atoms with van der Waals surface area (Å²) in [6, 6.07) is 7.73. The van der Waals surface area contributed by atoms with Crippen LogP contribution in [-0.2, 0) is 23.9 Å². The van der Waals surface area contributed by atoms with Crippen LogP contribution in [0.25, 0.3) is 0 Å². The van der Waals surface area contributed by atoms with Crippen LogP contribution in [-0.4, -0.2) is 48.3 Å². The lowest BCUT2D eigenvalue weighted by Gasteiger charge is -2.23. The average Bonchev–Trinajstić information content (AvgIpc) is 3.30. The van der Waals surface area contributed by atoms with Crippen molar-refractivity contribution in [2.75, 3.05) is 24.6 Å². The average molecular weight is 386 g/mol. The van der Waals surface area contributed by atoms with E-state index in [1.165, 1.54) is 0 Å². The van der Waals surface area contributed by atoms with Crippen molar-refractivity contribution in [3.8, 4) is 0 Å². The second-order valence-corrected chi connectivity index (χ2v) is 7.42. The molecule has 7 nitrogen and oxygen atoms in total. The van der Waals surface area contributed by atoms with Gasteiger partial charge in [-0.3, -0.25) is 24.1 Å². The quantitative estimate of drug-likeness (QED) is 0.700. The summed E-state index contributed by atoms with van der Waals surface area (Å²) in [4.78, 5) is 51.3. The van der Waals surface area contributed by atoms with Crippen LogP contribution in [0.15, 0.2) is 24.3 Å². The highest BCUT2D eigenvalue weighted by Gasteiger charge is 2.38. The van der Waals surface area contributed by atoms with Crippen LogP contribution in [0.2, 0.25) is 0 Å². The number of hydrogen-bond donors (Lipinski definition) is 0. The Balaban J connectivity index is 1.62. The third-order valence-corrected chi connectivity index (χ3v) is 5.54. The zero-order valence-corrected chi connectivity index (χ0v) is 16.3. The third kappa shape index (κ3) is 4.08. The Labute approximate surface area is 164 Å². The highest BCUT2D eigenvalue weighted by molar-refractivity contribution is 6.01. The fourth-order valence-corrected chi connectivity index (χ4v) is 3.71. The van der Waals surface area contributed by atoms with Gasteiger partial charge >= 0.3 is 5.97 Å². The number of hydrogen-bond acceptors (Lipinski definition) is 5. The molecule has 0 radical (unpaired) electrons. The standard InChI is InChI=1S/C21H26N2O5/c1-3-14(2)16-7-4-5-8-17(16)23-12-15(11-19(23)25)21(27)28-13-20(26)22-10-6-9-18(22)24/h4-5,7-8,14-15H,3,6,9-13H2,1-2H3/t14-,15-/m1/s1. The molecule has 2 heterocycles. The van der Waals surface area contributed by atoms with E-state index in [2.05, 4.69) is 13.8 Å². The number of esters is 1. The molecular formula is C21H26N2O5. The molecular weight excluding hydrogens is 360 g/mol. The van der Waals surface area contributed by atoms with Crippen LogP contribution < -0.4 is 4.90 Å². The van der Waals surface area contributed by atoms with E-state index in [1.807, 2.05) is 24.3 Å². The highest BCUT2D eigenvalue weighted by Crippen LogP contribution is 2.33. The summed E-state index contributed by atoms with van der Waals surface area (Å²) < 4.78 is 5.12. The fraction of sp³-hybridized carbons (Fsp3) is 0.524. The first-order valence-corrected chi connectivity index (χ1v) is 9.81. The summed E-state index contributed by atoms with van der Waals surface area (Å²) in [5.74, 6) is -1.75. The van der Waals surface area contributed by atoms with Crippen LogP contribution in [0.1, 0.15) is 51.0 Å². The molecule has 3 rings (SSSR count). The van der Waals surface area contributed by atoms with Gasteiger partial charge < -0.3 is 9.64 Å². The summed E-state index contributed by atoms with van der Waals surface area (Å²) in [5, 5.41) is 0. The van der Waals surface area contributed by atoms with Crippen molar-refractivity contribution in [2.45, 2.75) is 45.4 Å². The highest BCUT2D eigenvalue weighted by atomic mass is 16.5. The Kier molecular flexibility index (Phi) is 6.11. The minimum Gasteiger partial charge on any atom is -0.455 e. The number of ether oxygens (including phenoxy) is 1. The number of benzene rings is 1. The van der Waals surface area contributed by atoms with Gasteiger partial charge in [-0.05, 0) is 30.4 Å². The van der Waals surface area contributed by atoms with Crippen molar-refractivity contribution in [1.82, 2.24) is 4.90 Å². The largest absolute Gasteiger partial charge is 0.455 e. The lowest BCUT2D eigenvalue weighted by molar-refractivity contribution is -0.157. The molecule has 1 aromatic carbocycles. The maximum Gasteiger partial charge on any atom is 0.311 e.